The lowest BCUT2D eigenvalue weighted by molar-refractivity contribution is -0.385. The van der Waals surface area contributed by atoms with Gasteiger partial charge in [0, 0.05) is 18.7 Å². The summed E-state index contributed by atoms with van der Waals surface area (Å²) < 4.78 is 0. The van der Waals surface area contributed by atoms with Crippen LogP contribution in [0.4, 0.5) is 11.5 Å². The van der Waals surface area contributed by atoms with Gasteiger partial charge < -0.3 is 10.4 Å². The van der Waals surface area contributed by atoms with E-state index < -0.39 is 4.92 Å². The third kappa shape index (κ3) is 3.89. The van der Waals surface area contributed by atoms with Crippen molar-refractivity contribution in [3.05, 3.63) is 27.9 Å². The lowest BCUT2D eigenvalue weighted by Gasteiger charge is -2.22. The SMILES string of the molecule is CC(C)C(CCO)Nc1ncc([N+](=O)[O-])cc1C#N. The molecule has 1 heterocycles. The maximum atomic E-state index is 10.6. The zero-order valence-corrected chi connectivity index (χ0v) is 10.8. The summed E-state index contributed by atoms with van der Waals surface area (Å²) in [6.45, 7) is 3.97. The molecule has 1 aromatic rings. The maximum absolute atomic E-state index is 10.6. The Hall–Kier alpha value is -2.20. The molecule has 2 N–H and O–H groups in total. The molecule has 1 atom stereocenters. The first-order valence-electron chi connectivity index (χ1n) is 5.91. The van der Waals surface area contributed by atoms with Crippen LogP contribution in [0.1, 0.15) is 25.8 Å². The number of hydrogen-bond donors (Lipinski definition) is 2. The van der Waals surface area contributed by atoms with Crippen LogP contribution in [-0.2, 0) is 0 Å². The summed E-state index contributed by atoms with van der Waals surface area (Å²) >= 11 is 0. The zero-order chi connectivity index (χ0) is 14.4. The molecule has 1 unspecified atom stereocenters. The summed E-state index contributed by atoms with van der Waals surface area (Å²) in [4.78, 5) is 13.9. The molecule has 7 heteroatoms. The Morgan fingerprint density at radius 1 is 1.63 bits per heavy atom. The molecule has 0 fully saturated rings. The van der Waals surface area contributed by atoms with Crippen LogP contribution in [0.2, 0.25) is 0 Å². The fraction of sp³-hybridized carbons (Fsp3) is 0.500. The van der Waals surface area contributed by atoms with Crippen molar-refractivity contribution in [2.24, 2.45) is 5.92 Å². The molecule has 0 saturated heterocycles. The van der Waals surface area contributed by atoms with Crippen LogP contribution in [0.3, 0.4) is 0 Å². The summed E-state index contributed by atoms with van der Waals surface area (Å²) in [6.07, 6.45) is 1.63. The number of rotatable bonds is 6. The van der Waals surface area contributed by atoms with Gasteiger partial charge in [-0.2, -0.15) is 5.26 Å². The van der Waals surface area contributed by atoms with E-state index in [4.69, 9.17) is 10.4 Å². The van der Waals surface area contributed by atoms with E-state index in [0.29, 0.717) is 12.2 Å². The number of nitriles is 1. The monoisotopic (exact) mass is 264 g/mol. The predicted octanol–water partition coefficient (Wildman–Crippen LogP) is 1.68. The van der Waals surface area contributed by atoms with Crippen molar-refractivity contribution in [3.8, 4) is 6.07 Å². The van der Waals surface area contributed by atoms with Crippen molar-refractivity contribution < 1.29 is 10.0 Å². The number of hydrogen-bond acceptors (Lipinski definition) is 6. The summed E-state index contributed by atoms with van der Waals surface area (Å²) in [5.41, 5.74) is -0.0943. The Morgan fingerprint density at radius 3 is 2.79 bits per heavy atom. The first-order chi connectivity index (χ1) is 8.99. The normalized spacial score (nSPS) is 11.9. The molecule has 0 aromatic carbocycles. The minimum Gasteiger partial charge on any atom is -0.396 e. The Morgan fingerprint density at radius 2 is 2.32 bits per heavy atom. The first-order valence-corrected chi connectivity index (χ1v) is 5.91. The molecular formula is C12H16N4O3. The average molecular weight is 264 g/mol. The van der Waals surface area contributed by atoms with Crippen LogP contribution < -0.4 is 5.32 Å². The van der Waals surface area contributed by atoms with Gasteiger partial charge in [-0.1, -0.05) is 13.8 Å². The molecule has 0 aliphatic carbocycles. The van der Waals surface area contributed by atoms with Crippen LogP contribution in [0.5, 0.6) is 0 Å². The third-order valence-corrected chi connectivity index (χ3v) is 2.77. The Balaban J connectivity index is 3.00. The van der Waals surface area contributed by atoms with Gasteiger partial charge in [0.25, 0.3) is 5.69 Å². The molecule has 1 rings (SSSR count). The van der Waals surface area contributed by atoms with Crippen LogP contribution >= 0.6 is 0 Å². The van der Waals surface area contributed by atoms with E-state index in [1.54, 1.807) is 0 Å². The first kappa shape index (κ1) is 14.9. The van der Waals surface area contributed by atoms with Crippen LogP contribution in [0, 0.1) is 27.4 Å². The highest BCUT2D eigenvalue weighted by Gasteiger charge is 2.17. The minimum atomic E-state index is -0.592. The molecule has 0 aliphatic heterocycles. The van der Waals surface area contributed by atoms with E-state index in [1.807, 2.05) is 19.9 Å². The smallest absolute Gasteiger partial charge is 0.289 e. The van der Waals surface area contributed by atoms with Gasteiger partial charge in [-0.25, -0.2) is 4.98 Å². The van der Waals surface area contributed by atoms with Crippen LogP contribution in [0.25, 0.3) is 0 Å². The second-order valence-corrected chi connectivity index (χ2v) is 4.47. The molecule has 0 amide bonds. The second-order valence-electron chi connectivity index (χ2n) is 4.47. The minimum absolute atomic E-state index is 0.0186. The molecular weight excluding hydrogens is 248 g/mol. The topological polar surface area (TPSA) is 112 Å². The number of pyridine rings is 1. The molecule has 1 aromatic heterocycles. The van der Waals surface area contributed by atoms with Crippen molar-refractivity contribution in [1.82, 2.24) is 4.98 Å². The molecule has 0 spiro atoms. The van der Waals surface area contributed by atoms with Gasteiger partial charge in [0.05, 0.1) is 4.92 Å². The molecule has 0 saturated carbocycles. The highest BCUT2D eigenvalue weighted by Crippen LogP contribution is 2.21. The Labute approximate surface area is 111 Å². The fourth-order valence-corrected chi connectivity index (χ4v) is 1.64. The molecule has 102 valence electrons. The number of nitrogens with one attached hydrogen (secondary N) is 1. The standard InChI is InChI=1S/C12H16N4O3/c1-8(2)11(3-4-17)15-12-9(6-13)5-10(7-14-12)16(18)19/h5,7-8,11,17H,3-4H2,1-2H3,(H,14,15). The van der Waals surface area contributed by atoms with E-state index in [9.17, 15) is 10.1 Å². The zero-order valence-electron chi connectivity index (χ0n) is 10.8. The molecule has 7 nitrogen and oxygen atoms in total. The van der Waals surface area contributed by atoms with E-state index in [-0.39, 0.29) is 29.8 Å². The highest BCUT2D eigenvalue weighted by atomic mass is 16.6. The number of anilines is 1. The summed E-state index contributed by atoms with van der Waals surface area (Å²) in [7, 11) is 0. The summed E-state index contributed by atoms with van der Waals surface area (Å²) in [6, 6.07) is 3.02. The number of aliphatic hydroxyl groups excluding tert-OH is 1. The van der Waals surface area contributed by atoms with Crippen molar-refractivity contribution in [1.29, 1.82) is 5.26 Å². The van der Waals surface area contributed by atoms with Gasteiger partial charge in [-0.05, 0) is 12.3 Å². The predicted molar refractivity (Wildman–Crippen MR) is 69.6 cm³/mol. The average Bonchev–Trinajstić information content (AvgIpc) is 2.38. The van der Waals surface area contributed by atoms with Crippen molar-refractivity contribution in [3.63, 3.8) is 0 Å². The molecule has 0 bridgehead atoms. The molecule has 0 radical (unpaired) electrons. The summed E-state index contributed by atoms with van der Waals surface area (Å²) in [5, 5.41) is 31.7. The van der Waals surface area contributed by atoms with Gasteiger partial charge in [-0.3, -0.25) is 10.1 Å². The van der Waals surface area contributed by atoms with E-state index in [0.717, 1.165) is 6.20 Å². The van der Waals surface area contributed by atoms with E-state index in [1.165, 1.54) is 6.07 Å². The number of aromatic nitrogens is 1. The number of aliphatic hydroxyl groups is 1. The lowest BCUT2D eigenvalue weighted by atomic mass is 10.0. The number of nitrogens with zero attached hydrogens (tertiary/aromatic N) is 3. The quantitative estimate of drug-likeness (QED) is 0.597. The van der Waals surface area contributed by atoms with Crippen LogP contribution in [0.15, 0.2) is 12.3 Å². The molecule has 19 heavy (non-hydrogen) atoms. The summed E-state index contributed by atoms with van der Waals surface area (Å²) in [5.74, 6) is 0.538. The van der Waals surface area contributed by atoms with E-state index >= 15 is 0 Å². The molecule has 0 aliphatic rings. The fourth-order valence-electron chi connectivity index (χ4n) is 1.64. The van der Waals surface area contributed by atoms with Gasteiger partial charge in [0.2, 0.25) is 0 Å². The van der Waals surface area contributed by atoms with Gasteiger partial charge >= 0.3 is 0 Å². The lowest BCUT2D eigenvalue weighted by Crippen LogP contribution is -2.27. The Bertz CT molecular complexity index is 496. The van der Waals surface area contributed by atoms with Crippen LogP contribution in [-0.4, -0.2) is 27.7 Å². The van der Waals surface area contributed by atoms with Gasteiger partial charge in [0.15, 0.2) is 0 Å². The third-order valence-electron chi connectivity index (χ3n) is 2.77. The maximum Gasteiger partial charge on any atom is 0.289 e. The largest absolute Gasteiger partial charge is 0.396 e. The highest BCUT2D eigenvalue weighted by molar-refractivity contribution is 5.56. The van der Waals surface area contributed by atoms with Crippen molar-refractivity contribution in [2.75, 3.05) is 11.9 Å². The number of nitro groups is 1. The van der Waals surface area contributed by atoms with Gasteiger partial charge in [0.1, 0.15) is 23.6 Å². The second kappa shape index (κ2) is 6.66. The van der Waals surface area contributed by atoms with Crippen molar-refractivity contribution >= 4 is 11.5 Å². The van der Waals surface area contributed by atoms with Crippen molar-refractivity contribution in [2.45, 2.75) is 26.3 Å². The van der Waals surface area contributed by atoms with Gasteiger partial charge in [-0.15, -0.1) is 0 Å². The Kier molecular flexibility index (Phi) is 5.21. The van der Waals surface area contributed by atoms with E-state index in [2.05, 4.69) is 10.3 Å².